The molecule has 0 aliphatic heterocycles. The van der Waals surface area contributed by atoms with Crippen LogP contribution in [0.1, 0.15) is 12.5 Å². The Morgan fingerprint density at radius 3 is 2.46 bits per heavy atom. The van der Waals surface area contributed by atoms with Crippen molar-refractivity contribution in [3.05, 3.63) is 34.7 Å². The van der Waals surface area contributed by atoms with E-state index in [-0.39, 0.29) is 12.5 Å². The molecule has 1 rings (SSSR count). The molecule has 13 heavy (non-hydrogen) atoms. The molecule has 0 unspecified atom stereocenters. The molecule has 1 N–H and O–H groups in total. The number of nitroso groups, excluding NO2 is 1. The van der Waals surface area contributed by atoms with Crippen LogP contribution < -0.4 is 5.32 Å². The van der Waals surface area contributed by atoms with Crippen LogP contribution in [0.4, 0.5) is 5.69 Å². The summed E-state index contributed by atoms with van der Waals surface area (Å²) in [4.78, 5) is 20.6. The quantitative estimate of drug-likeness (QED) is 0.718. The zero-order valence-electron chi connectivity index (χ0n) is 7.28. The Balaban J connectivity index is 2.69. The van der Waals surface area contributed by atoms with Gasteiger partial charge >= 0.3 is 0 Å². The topological polar surface area (TPSA) is 58.5 Å². The zero-order valence-corrected chi connectivity index (χ0v) is 7.28. The average Bonchev–Trinajstić information content (AvgIpc) is 2.08. The third-order valence-corrected chi connectivity index (χ3v) is 1.52. The first-order valence-electron chi connectivity index (χ1n) is 3.88. The van der Waals surface area contributed by atoms with Crippen molar-refractivity contribution in [2.24, 2.45) is 5.18 Å². The molecule has 0 aromatic heterocycles. The molecule has 1 aromatic carbocycles. The van der Waals surface area contributed by atoms with Crippen LogP contribution in [-0.4, -0.2) is 5.91 Å². The molecule has 0 aliphatic rings. The molecule has 68 valence electrons. The van der Waals surface area contributed by atoms with E-state index in [9.17, 15) is 9.70 Å². The third kappa shape index (κ3) is 3.02. The minimum absolute atomic E-state index is 0.110. The lowest BCUT2D eigenvalue weighted by molar-refractivity contribution is -0.114. The van der Waals surface area contributed by atoms with Gasteiger partial charge in [0.15, 0.2) is 0 Å². The maximum atomic E-state index is 10.6. The molecule has 0 spiro atoms. The molecule has 0 saturated heterocycles. The molecule has 1 amide bonds. The van der Waals surface area contributed by atoms with E-state index in [1.54, 1.807) is 24.3 Å². The van der Waals surface area contributed by atoms with E-state index in [0.717, 1.165) is 11.3 Å². The summed E-state index contributed by atoms with van der Waals surface area (Å²) in [6.45, 7) is 1.61. The fourth-order valence-corrected chi connectivity index (χ4v) is 0.971. The van der Waals surface area contributed by atoms with Gasteiger partial charge in [0, 0.05) is 12.6 Å². The molecule has 1 aromatic rings. The first-order valence-corrected chi connectivity index (χ1v) is 3.88. The van der Waals surface area contributed by atoms with Crippen LogP contribution in [0.2, 0.25) is 0 Å². The standard InChI is InChI=1S/C9H10N2O2/c1-7(12)11-9-4-2-8(3-5-9)6-10-13/h2-5H,6H2,1H3,(H,11,12). The number of hydrogen-bond donors (Lipinski definition) is 1. The van der Waals surface area contributed by atoms with Gasteiger partial charge in [-0.3, -0.25) is 4.79 Å². The first-order chi connectivity index (χ1) is 6.22. The SMILES string of the molecule is CC(=O)Nc1ccc(CN=O)cc1. The van der Waals surface area contributed by atoms with Crippen molar-refractivity contribution in [1.82, 2.24) is 0 Å². The zero-order chi connectivity index (χ0) is 9.68. The van der Waals surface area contributed by atoms with Gasteiger partial charge in [0.1, 0.15) is 6.54 Å². The fraction of sp³-hybridized carbons (Fsp3) is 0.222. The van der Waals surface area contributed by atoms with Gasteiger partial charge in [0.2, 0.25) is 5.91 Å². The molecular formula is C9H10N2O2. The Hall–Kier alpha value is -1.71. The Morgan fingerprint density at radius 2 is 2.00 bits per heavy atom. The second-order valence-electron chi connectivity index (χ2n) is 2.67. The monoisotopic (exact) mass is 178 g/mol. The predicted molar refractivity (Wildman–Crippen MR) is 50.2 cm³/mol. The highest BCUT2D eigenvalue weighted by molar-refractivity contribution is 5.88. The van der Waals surface area contributed by atoms with Gasteiger partial charge in [-0.2, -0.15) is 4.91 Å². The van der Waals surface area contributed by atoms with E-state index in [1.807, 2.05) is 0 Å². The average molecular weight is 178 g/mol. The van der Waals surface area contributed by atoms with E-state index in [4.69, 9.17) is 0 Å². The number of anilines is 1. The van der Waals surface area contributed by atoms with Gasteiger partial charge in [-0.15, -0.1) is 0 Å². The summed E-state index contributed by atoms with van der Waals surface area (Å²) in [6.07, 6.45) is 0. The number of amides is 1. The van der Waals surface area contributed by atoms with Crippen molar-refractivity contribution < 1.29 is 4.79 Å². The largest absolute Gasteiger partial charge is 0.326 e. The summed E-state index contributed by atoms with van der Waals surface area (Å²) in [5.41, 5.74) is 1.56. The summed E-state index contributed by atoms with van der Waals surface area (Å²) in [5.74, 6) is -0.110. The first kappa shape index (κ1) is 9.38. The lowest BCUT2D eigenvalue weighted by Crippen LogP contribution is -2.05. The normalized spacial score (nSPS) is 9.31. The van der Waals surface area contributed by atoms with Crippen LogP contribution in [-0.2, 0) is 11.3 Å². The number of carbonyl (C=O) groups is 1. The molecule has 0 fully saturated rings. The highest BCUT2D eigenvalue weighted by Gasteiger charge is 1.95. The van der Waals surface area contributed by atoms with Crippen molar-refractivity contribution >= 4 is 11.6 Å². The van der Waals surface area contributed by atoms with Gasteiger partial charge in [-0.25, -0.2) is 0 Å². The van der Waals surface area contributed by atoms with Crippen LogP contribution in [0.3, 0.4) is 0 Å². The number of rotatable bonds is 3. The minimum Gasteiger partial charge on any atom is -0.326 e. The summed E-state index contributed by atoms with van der Waals surface area (Å²) in [7, 11) is 0. The maximum absolute atomic E-state index is 10.6. The van der Waals surface area contributed by atoms with E-state index in [1.165, 1.54) is 6.92 Å². The molecule has 0 heterocycles. The molecule has 0 aliphatic carbocycles. The Kier molecular flexibility index (Phi) is 3.14. The smallest absolute Gasteiger partial charge is 0.221 e. The maximum Gasteiger partial charge on any atom is 0.221 e. The number of nitrogens with one attached hydrogen (secondary N) is 1. The Morgan fingerprint density at radius 1 is 1.38 bits per heavy atom. The molecule has 0 atom stereocenters. The van der Waals surface area contributed by atoms with Crippen molar-refractivity contribution in [3.63, 3.8) is 0 Å². The van der Waals surface area contributed by atoms with Crippen molar-refractivity contribution in [2.75, 3.05) is 5.32 Å². The third-order valence-electron chi connectivity index (χ3n) is 1.52. The van der Waals surface area contributed by atoms with Gasteiger partial charge in [-0.05, 0) is 17.7 Å². The number of nitrogens with zero attached hydrogens (tertiary/aromatic N) is 1. The molecule has 0 bridgehead atoms. The number of hydrogen-bond acceptors (Lipinski definition) is 3. The molecule has 0 saturated carbocycles. The van der Waals surface area contributed by atoms with E-state index >= 15 is 0 Å². The summed E-state index contributed by atoms with van der Waals surface area (Å²) in [6, 6.07) is 6.99. The highest BCUT2D eigenvalue weighted by atomic mass is 16.3. The van der Waals surface area contributed by atoms with Gasteiger partial charge in [0.25, 0.3) is 0 Å². The molecular weight excluding hydrogens is 168 g/mol. The van der Waals surface area contributed by atoms with Crippen LogP contribution in [0.15, 0.2) is 29.4 Å². The van der Waals surface area contributed by atoms with Crippen LogP contribution >= 0.6 is 0 Å². The van der Waals surface area contributed by atoms with Crippen LogP contribution in [0.25, 0.3) is 0 Å². The summed E-state index contributed by atoms with van der Waals surface area (Å²) < 4.78 is 0. The van der Waals surface area contributed by atoms with Crippen LogP contribution in [0, 0.1) is 4.91 Å². The second kappa shape index (κ2) is 4.35. The van der Waals surface area contributed by atoms with Gasteiger partial charge in [-0.1, -0.05) is 17.3 Å². The van der Waals surface area contributed by atoms with Crippen molar-refractivity contribution in [3.8, 4) is 0 Å². The van der Waals surface area contributed by atoms with E-state index < -0.39 is 0 Å². The number of carbonyl (C=O) groups excluding carboxylic acids is 1. The van der Waals surface area contributed by atoms with Crippen molar-refractivity contribution in [2.45, 2.75) is 13.5 Å². The molecule has 4 heteroatoms. The highest BCUT2D eigenvalue weighted by Crippen LogP contribution is 2.09. The van der Waals surface area contributed by atoms with E-state index in [0.29, 0.717) is 0 Å². The Labute approximate surface area is 75.9 Å². The number of benzene rings is 1. The van der Waals surface area contributed by atoms with Crippen LogP contribution in [0.5, 0.6) is 0 Å². The predicted octanol–water partition coefficient (Wildman–Crippen LogP) is 1.91. The van der Waals surface area contributed by atoms with Crippen molar-refractivity contribution in [1.29, 1.82) is 0 Å². The summed E-state index contributed by atoms with van der Waals surface area (Å²) in [5, 5.41) is 5.39. The van der Waals surface area contributed by atoms with E-state index in [2.05, 4.69) is 10.5 Å². The molecule has 4 nitrogen and oxygen atoms in total. The van der Waals surface area contributed by atoms with Gasteiger partial charge in [0.05, 0.1) is 0 Å². The summed E-state index contributed by atoms with van der Waals surface area (Å²) >= 11 is 0. The minimum atomic E-state index is -0.110. The lowest BCUT2D eigenvalue weighted by atomic mass is 10.2. The lowest BCUT2D eigenvalue weighted by Gasteiger charge is -2.01. The molecule has 0 radical (unpaired) electrons. The fourth-order valence-electron chi connectivity index (χ4n) is 0.971. The second-order valence-corrected chi connectivity index (χ2v) is 2.67. The van der Waals surface area contributed by atoms with Gasteiger partial charge < -0.3 is 5.32 Å². The Bertz CT molecular complexity index is 306.